The standard InChI is InChI=1S/C9H18OS2/c1-3-5-6-7-8-12-9(11)10-4-2/h3-8H2,1-2H3. The smallest absolute Gasteiger partial charge is 0.219 e. The van der Waals surface area contributed by atoms with E-state index in [2.05, 4.69) is 6.92 Å². The zero-order chi connectivity index (χ0) is 9.23. The second-order valence-corrected chi connectivity index (χ2v) is 4.29. The normalized spacial score (nSPS) is 9.83. The quantitative estimate of drug-likeness (QED) is 0.485. The number of hydrogen-bond acceptors (Lipinski definition) is 3. The molecule has 0 heterocycles. The Balaban J connectivity index is 3.03. The van der Waals surface area contributed by atoms with E-state index < -0.39 is 0 Å². The van der Waals surface area contributed by atoms with E-state index in [0.717, 1.165) is 5.75 Å². The monoisotopic (exact) mass is 206 g/mol. The fourth-order valence-electron chi connectivity index (χ4n) is 0.844. The second kappa shape index (κ2) is 9.33. The maximum atomic E-state index is 5.14. The summed E-state index contributed by atoms with van der Waals surface area (Å²) in [6.07, 6.45) is 5.20. The van der Waals surface area contributed by atoms with Crippen molar-refractivity contribution in [3.63, 3.8) is 0 Å². The van der Waals surface area contributed by atoms with Crippen LogP contribution in [0.25, 0.3) is 0 Å². The van der Waals surface area contributed by atoms with E-state index in [1.54, 1.807) is 11.8 Å². The minimum Gasteiger partial charge on any atom is -0.479 e. The molecule has 3 heteroatoms. The third kappa shape index (κ3) is 8.34. The molecular formula is C9H18OS2. The van der Waals surface area contributed by atoms with Crippen molar-refractivity contribution in [1.82, 2.24) is 0 Å². The van der Waals surface area contributed by atoms with Gasteiger partial charge in [-0.3, -0.25) is 0 Å². The van der Waals surface area contributed by atoms with Crippen molar-refractivity contribution in [2.45, 2.75) is 39.5 Å². The Morgan fingerprint density at radius 3 is 2.58 bits per heavy atom. The fourth-order valence-corrected chi connectivity index (χ4v) is 1.93. The highest BCUT2D eigenvalue weighted by Crippen LogP contribution is 2.10. The van der Waals surface area contributed by atoms with Crippen molar-refractivity contribution in [3.8, 4) is 0 Å². The Labute approximate surface area is 85.3 Å². The molecule has 0 radical (unpaired) electrons. The molecule has 0 aliphatic carbocycles. The third-order valence-electron chi connectivity index (χ3n) is 1.48. The first-order valence-electron chi connectivity index (χ1n) is 4.60. The Hall–Kier alpha value is 0.240. The van der Waals surface area contributed by atoms with Crippen molar-refractivity contribution in [2.75, 3.05) is 12.4 Å². The number of rotatable bonds is 6. The van der Waals surface area contributed by atoms with E-state index in [0.29, 0.717) is 11.0 Å². The Bertz CT molecular complexity index is 115. The first kappa shape index (κ1) is 12.2. The van der Waals surface area contributed by atoms with Crippen molar-refractivity contribution in [2.24, 2.45) is 0 Å². The van der Waals surface area contributed by atoms with Gasteiger partial charge in [-0.1, -0.05) is 37.9 Å². The lowest BCUT2D eigenvalue weighted by Gasteiger charge is -2.03. The van der Waals surface area contributed by atoms with Crippen LogP contribution in [0.15, 0.2) is 0 Å². The van der Waals surface area contributed by atoms with Gasteiger partial charge >= 0.3 is 0 Å². The van der Waals surface area contributed by atoms with Crippen LogP contribution in [0.4, 0.5) is 0 Å². The largest absolute Gasteiger partial charge is 0.479 e. The SMILES string of the molecule is CCCCCCSC(=S)OCC. The maximum Gasteiger partial charge on any atom is 0.219 e. The van der Waals surface area contributed by atoms with E-state index >= 15 is 0 Å². The lowest BCUT2D eigenvalue weighted by Crippen LogP contribution is -1.96. The summed E-state index contributed by atoms with van der Waals surface area (Å²) in [5, 5.41) is 0. The molecule has 1 nitrogen and oxygen atoms in total. The van der Waals surface area contributed by atoms with E-state index in [1.165, 1.54) is 25.7 Å². The fraction of sp³-hybridized carbons (Fsp3) is 0.889. The van der Waals surface area contributed by atoms with Crippen LogP contribution in [0, 0.1) is 0 Å². The summed E-state index contributed by atoms with van der Waals surface area (Å²) < 4.78 is 5.85. The number of thioether (sulfide) groups is 1. The zero-order valence-corrected chi connectivity index (χ0v) is 9.60. The van der Waals surface area contributed by atoms with E-state index in [-0.39, 0.29) is 0 Å². The molecule has 0 aromatic carbocycles. The molecule has 0 aromatic heterocycles. The molecule has 0 aromatic rings. The molecule has 0 fully saturated rings. The van der Waals surface area contributed by atoms with Crippen molar-refractivity contribution in [3.05, 3.63) is 0 Å². The summed E-state index contributed by atoms with van der Waals surface area (Å²) in [6, 6.07) is 0. The van der Waals surface area contributed by atoms with Gasteiger partial charge < -0.3 is 4.74 Å². The summed E-state index contributed by atoms with van der Waals surface area (Å²) in [4.78, 5) is 0. The Kier molecular flexibility index (Phi) is 9.52. The van der Waals surface area contributed by atoms with Gasteiger partial charge in [-0.25, -0.2) is 0 Å². The van der Waals surface area contributed by atoms with Gasteiger partial charge in [-0.05, 0) is 25.6 Å². The van der Waals surface area contributed by atoms with Gasteiger partial charge in [-0.2, -0.15) is 0 Å². The molecule has 0 aliphatic heterocycles. The van der Waals surface area contributed by atoms with Crippen LogP contribution >= 0.6 is 24.0 Å². The van der Waals surface area contributed by atoms with E-state index in [4.69, 9.17) is 17.0 Å². The summed E-state index contributed by atoms with van der Waals surface area (Å²) >= 11 is 6.63. The highest BCUT2D eigenvalue weighted by Gasteiger charge is 1.96. The molecule has 0 spiro atoms. The predicted molar refractivity (Wildman–Crippen MR) is 60.8 cm³/mol. The molecule has 0 saturated carbocycles. The molecule has 0 rings (SSSR count). The summed E-state index contributed by atoms with van der Waals surface area (Å²) in [5.74, 6) is 1.11. The minimum atomic E-state index is 0.695. The molecule has 0 aliphatic rings. The molecule has 0 unspecified atom stereocenters. The van der Waals surface area contributed by atoms with Crippen LogP contribution in [0.5, 0.6) is 0 Å². The second-order valence-electron chi connectivity index (χ2n) is 2.59. The average Bonchev–Trinajstić information content (AvgIpc) is 2.05. The van der Waals surface area contributed by atoms with Crippen LogP contribution in [-0.4, -0.2) is 16.7 Å². The number of unbranched alkanes of at least 4 members (excludes halogenated alkanes) is 3. The van der Waals surface area contributed by atoms with Crippen molar-refractivity contribution < 1.29 is 4.74 Å². The lowest BCUT2D eigenvalue weighted by molar-refractivity contribution is 0.346. The van der Waals surface area contributed by atoms with Crippen LogP contribution in [0.1, 0.15) is 39.5 Å². The van der Waals surface area contributed by atoms with E-state index in [1.807, 2.05) is 6.92 Å². The van der Waals surface area contributed by atoms with Gasteiger partial charge in [0.2, 0.25) is 4.38 Å². The molecule has 12 heavy (non-hydrogen) atoms. The molecule has 72 valence electrons. The Morgan fingerprint density at radius 1 is 1.25 bits per heavy atom. The minimum absolute atomic E-state index is 0.695. The third-order valence-corrected chi connectivity index (χ3v) is 2.80. The molecule has 0 bridgehead atoms. The number of hydrogen-bond donors (Lipinski definition) is 0. The number of ether oxygens (including phenoxy) is 1. The van der Waals surface area contributed by atoms with Crippen LogP contribution in [0.2, 0.25) is 0 Å². The highest BCUT2D eigenvalue weighted by atomic mass is 32.2. The lowest BCUT2D eigenvalue weighted by atomic mass is 10.2. The van der Waals surface area contributed by atoms with Crippen LogP contribution < -0.4 is 0 Å². The van der Waals surface area contributed by atoms with Crippen LogP contribution in [-0.2, 0) is 4.74 Å². The highest BCUT2D eigenvalue weighted by molar-refractivity contribution is 8.22. The zero-order valence-electron chi connectivity index (χ0n) is 7.97. The Morgan fingerprint density at radius 2 is 2.00 bits per heavy atom. The first-order chi connectivity index (χ1) is 5.81. The van der Waals surface area contributed by atoms with Gasteiger partial charge in [0.1, 0.15) is 0 Å². The van der Waals surface area contributed by atoms with Gasteiger partial charge in [0.05, 0.1) is 6.61 Å². The van der Waals surface area contributed by atoms with Gasteiger partial charge in [0.25, 0.3) is 0 Å². The molecule has 0 N–H and O–H groups in total. The van der Waals surface area contributed by atoms with Crippen LogP contribution in [0.3, 0.4) is 0 Å². The average molecular weight is 206 g/mol. The summed E-state index contributed by atoms with van der Waals surface area (Å²) in [7, 11) is 0. The van der Waals surface area contributed by atoms with E-state index in [9.17, 15) is 0 Å². The van der Waals surface area contributed by atoms with Crippen molar-refractivity contribution >= 4 is 28.4 Å². The predicted octanol–water partition coefficient (Wildman–Crippen LogP) is 3.62. The summed E-state index contributed by atoms with van der Waals surface area (Å²) in [5.41, 5.74) is 0. The van der Waals surface area contributed by atoms with Gasteiger partial charge in [0, 0.05) is 5.75 Å². The van der Waals surface area contributed by atoms with Crippen molar-refractivity contribution in [1.29, 1.82) is 0 Å². The molecule has 0 saturated heterocycles. The number of thiocarbonyl (C=S) groups is 1. The summed E-state index contributed by atoms with van der Waals surface area (Å²) in [6.45, 7) is 4.88. The molecular weight excluding hydrogens is 188 g/mol. The van der Waals surface area contributed by atoms with Gasteiger partial charge in [-0.15, -0.1) is 0 Å². The maximum absolute atomic E-state index is 5.14. The first-order valence-corrected chi connectivity index (χ1v) is 6.00. The topological polar surface area (TPSA) is 9.23 Å². The molecule has 0 atom stereocenters. The molecule has 0 amide bonds. The van der Waals surface area contributed by atoms with Gasteiger partial charge in [0.15, 0.2) is 0 Å².